The van der Waals surface area contributed by atoms with Crippen LogP contribution in [0.25, 0.3) is 11.0 Å². The lowest BCUT2D eigenvalue weighted by Gasteiger charge is -2.08. The maximum atomic E-state index is 5.90. The molecule has 0 amide bonds. The highest BCUT2D eigenvalue weighted by molar-refractivity contribution is 14.1. The van der Waals surface area contributed by atoms with Gasteiger partial charge in [0.25, 0.3) is 0 Å². The third kappa shape index (κ3) is 3.37. The number of benzene rings is 1. The molecule has 3 rings (SSSR count). The molecule has 110 valence electrons. The molecule has 0 aliphatic rings. The average Bonchev–Trinajstić information content (AvgIpc) is 3.08. The summed E-state index contributed by atoms with van der Waals surface area (Å²) in [6.45, 7) is 1.76. The van der Waals surface area contributed by atoms with E-state index in [1.807, 2.05) is 10.9 Å². The van der Waals surface area contributed by atoms with Crippen molar-refractivity contribution in [2.24, 2.45) is 0 Å². The van der Waals surface area contributed by atoms with Crippen LogP contribution in [0.3, 0.4) is 0 Å². The number of hydrogen-bond acceptors (Lipinski definition) is 3. The molecule has 0 unspecified atom stereocenters. The van der Waals surface area contributed by atoms with Gasteiger partial charge in [0, 0.05) is 35.2 Å². The van der Waals surface area contributed by atoms with Crippen molar-refractivity contribution in [2.45, 2.75) is 25.9 Å². The Kier molecular flexibility index (Phi) is 4.74. The second-order valence-electron chi connectivity index (χ2n) is 4.77. The molecule has 0 aliphatic carbocycles. The molecule has 7 heteroatoms. The maximum absolute atomic E-state index is 5.90. The van der Waals surface area contributed by atoms with Gasteiger partial charge in [0.1, 0.15) is 5.82 Å². The van der Waals surface area contributed by atoms with Crippen molar-refractivity contribution in [2.75, 3.05) is 5.88 Å². The number of halogens is 2. The predicted octanol–water partition coefficient (Wildman–Crippen LogP) is 3.10. The van der Waals surface area contributed by atoms with Crippen molar-refractivity contribution in [1.82, 2.24) is 24.5 Å². The van der Waals surface area contributed by atoms with Crippen LogP contribution in [0.5, 0.6) is 0 Å². The number of rotatable bonds is 6. The molecule has 1 aromatic carbocycles. The fourth-order valence-electron chi connectivity index (χ4n) is 2.42. The summed E-state index contributed by atoms with van der Waals surface area (Å²) in [5.41, 5.74) is 2.22. The Morgan fingerprint density at radius 1 is 1.24 bits per heavy atom. The lowest BCUT2D eigenvalue weighted by molar-refractivity contribution is 0.512. The number of fused-ring (bicyclic) bond motifs is 1. The first kappa shape index (κ1) is 14.8. The highest BCUT2D eigenvalue weighted by Crippen LogP contribution is 2.20. The highest BCUT2D eigenvalue weighted by atomic mass is 127. The first-order chi connectivity index (χ1) is 10.3. The van der Waals surface area contributed by atoms with E-state index in [2.05, 4.69) is 55.7 Å². The van der Waals surface area contributed by atoms with Gasteiger partial charge in [-0.1, -0.05) is 5.21 Å². The third-order valence-corrected chi connectivity index (χ3v) is 4.21. The summed E-state index contributed by atoms with van der Waals surface area (Å²) < 4.78 is 5.32. The Labute approximate surface area is 141 Å². The van der Waals surface area contributed by atoms with Crippen LogP contribution in [-0.4, -0.2) is 30.4 Å². The normalized spacial score (nSPS) is 11.3. The van der Waals surface area contributed by atoms with Gasteiger partial charge >= 0.3 is 0 Å². The van der Waals surface area contributed by atoms with Crippen molar-refractivity contribution in [1.29, 1.82) is 0 Å². The molecule has 0 radical (unpaired) electrons. The quantitative estimate of drug-likeness (QED) is 0.459. The van der Waals surface area contributed by atoms with Crippen molar-refractivity contribution < 1.29 is 0 Å². The first-order valence-electron chi connectivity index (χ1n) is 6.82. The number of nitrogens with zero attached hydrogens (tertiary/aromatic N) is 5. The summed E-state index contributed by atoms with van der Waals surface area (Å²) in [5, 5.41) is 7.81. The smallest absolute Gasteiger partial charge is 0.111 e. The molecular weight excluding hydrogens is 401 g/mol. The van der Waals surface area contributed by atoms with Gasteiger partial charge in [-0.2, -0.15) is 0 Å². The van der Waals surface area contributed by atoms with Crippen molar-refractivity contribution >= 4 is 45.2 Å². The van der Waals surface area contributed by atoms with Crippen LogP contribution in [0.4, 0.5) is 0 Å². The van der Waals surface area contributed by atoms with E-state index in [-0.39, 0.29) is 0 Å². The second-order valence-corrected chi connectivity index (χ2v) is 6.39. The molecule has 2 heterocycles. The van der Waals surface area contributed by atoms with E-state index in [1.54, 1.807) is 6.20 Å². The number of aryl methyl sites for hydroxylation is 3. The van der Waals surface area contributed by atoms with E-state index in [1.165, 1.54) is 9.09 Å². The number of alkyl halides is 1. The van der Waals surface area contributed by atoms with Crippen LogP contribution >= 0.6 is 34.2 Å². The van der Waals surface area contributed by atoms with Gasteiger partial charge in [0.15, 0.2) is 0 Å². The number of imidazole rings is 1. The average molecular weight is 416 g/mol. The van der Waals surface area contributed by atoms with Crippen LogP contribution in [0.2, 0.25) is 0 Å². The van der Waals surface area contributed by atoms with Gasteiger partial charge < -0.3 is 4.57 Å². The Bertz CT molecular complexity index is 722. The van der Waals surface area contributed by atoms with Crippen LogP contribution in [0.1, 0.15) is 12.2 Å². The molecule has 0 bridgehead atoms. The molecule has 0 fully saturated rings. The van der Waals surface area contributed by atoms with E-state index in [4.69, 9.17) is 16.6 Å². The third-order valence-electron chi connectivity index (χ3n) is 3.35. The van der Waals surface area contributed by atoms with E-state index in [0.29, 0.717) is 5.88 Å². The Hall–Kier alpha value is -1.15. The zero-order chi connectivity index (χ0) is 14.7. The van der Waals surface area contributed by atoms with Crippen molar-refractivity contribution in [3.05, 3.63) is 40.0 Å². The number of hydrogen-bond donors (Lipinski definition) is 0. The minimum Gasteiger partial charge on any atom is -0.328 e. The van der Waals surface area contributed by atoms with Crippen molar-refractivity contribution in [3.8, 4) is 0 Å². The van der Waals surface area contributed by atoms with E-state index in [9.17, 15) is 0 Å². The topological polar surface area (TPSA) is 48.5 Å². The summed E-state index contributed by atoms with van der Waals surface area (Å²) >= 11 is 8.22. The standard InChI is InChI=1S/C14H15ClIN5/c15-5-4-14-18-12-10-11(16)2-3-13(12)21(14)8-1-7-20-9-6-17-19-20/h2-3,6,9-10H,1,4-5,7-8H2. The minimum atomic E-state index is 0.587. The summed E-state index contributed by atoms with van der Waals surface area (Å²) in [6.07, 6.45) is 5.35. The Balaban J connectivity index is 1.82. The molecule has 21 heavy (non-hydrogen) atoms. The molecule has 5 nitrogen and oxygen atoms in total. The van der Waals surface area contributed by atoms with Gasteiger partial charge in [-0.15, -0.1) is 16.7 Å². The monoisotopic (exact) mass is 415 g/mol. The van der Waals surface area contributed by atoms with Crippen molar-refractivity contribution in [3.63, 3.8) is 0 Å². The molecule has 0 aliphatic heterocycles. The van der Waals surface area contributed by atoms with E-state index >= 15 is 0 Å². The van der Waals surface area contributed by atoms with Gasteiger partial charge in [-0.05, 0) is 47.2 Å². The zero-order valence-electron chi connectivity index (χ0n) is 11.4. The summed E-state index contributed by atoms with van der Waals surface area (Å²) in [5.74, 6) is 1.64. The van der Waals surface area contributed by atoms with Gasteiger partial charge in [0.2, 0.25) is 0 Å². The fourth-order valence-corrected chi connectivity index (χ4v) is 3.06. The Morgan fingerprint density at radius 3 is 2.90 bits per heavy atom. The second kappa shape index (κ2) is 6.74. The zero-order valence-corrected chi connectivity index (χ0v) is 14.3. The largest absolute Gasteiger partial charge is 0.328 e. The molecule has 3 aromatic rings. The maximum Gasteiger partial charge on any atom is 0.111 e. The van der Waals surface area contributed by atoms with Crippen LogP contribution in [0.15, 0.2) is 30.6 Å². The van der Waals surface area contributed by atoms with Crippen LogP contribution in [0, 0.1) is 3.57 Å². The van der Waals surface area contributed by atoms with E-state index in [0.717, 1.165) is 37.3 Å². The molecule has 0 atom stereocenters. The first-order valence-corrected chi connectivity index (χ1v) is 8.44. The molecule has 0 N–H and O–H groups in total. The molecule has 2 aromatic heterocycles. The number of aromatic nitrogens is 5. The SMILES string of the molecule is ClCCc1nc2cc(I)ccc2n1CCCn1ccnn1. The van der Waals surface area contributed by atoms with E-state index < -0.39 is 0 Å². The minimum absolute atomic E-state index is 0.587. The molecule has 0 saturated heterocycles. The van der Waals surface area contributed by atoms with Gasteiger partial charge in [-0.25, -0.2) is 4.98 Å². The summed E-state index contributed by atoms with van der Waals surface area (Å²) in [4.78, 5) is 4.72. The van der Waals surface area contributed by atoms with Gasteiger partial charge in [0.05, 0.1) is 17.2 Å². The highest BCUT2D eigenvalue weighted by Gasteiger charge is 2.10. The molecule has 0 spiro atoms. The Morgan fingerprint density at radius 2 is 2.14 bits per heavy atom. The summed E-state index contributed by atoms with van der Waals surface area (Å²) in [6, 6.07) is 6.36. The van der Waals surface area contributed by atoms with Crippen LogP contribution < -0.4 is 0 Å². The fraction of sp³-hybridized carbons (Fsp3) is 0.357. The lowest BCUT2D eigenvalue weighted by atomic mass is 10.3. The molecular formula is C14H15ClIN5. The lowest BCUT2D eigenvalue weighted by Crippen LogP contribution is -2.08. The molecule has 0 saturated carbocycles. The summed E-state index contributed by atoms with van der Waals surface area (Å²) in [7, 11) is 0. The van der Waals surface area contributed by atoms with Gasteiger partial charge in [-0.3, -0.25) is 4.68 Å². The van der Waals surface area contributed by atoms with Crippen LogP contribution in [-0.2, 0) is 19.5 Å². The predicted molar refractivity (Wildman–Crippen MR) is 91.5 cm³/mol.